The predicted octanol–water partition coefficient (Wildman–Crippen LogP) is 4.00. The van der Waals surface area contributed by atoms with Crippen molar-refractivity contribution < 1.29 is 9.53 Å². The highest BCUT2D eigenvalue weighted by atomic mass is 79.9. The normalized spacial score (nSPS) is 28.0. The lowest BCUT2D eigenvalue weighted by Gasteiger charge is -2.37. The van der Waals surface area contributed by atoms with Gasteiger partial charge in [0.2, 0.25) is 0 Å². The van der Waals surface area contributed by atoms with Crippen LogP contribution in [0.1, 0.15) is 49.9 Å². The van der Waals surface area contributed by atoms with Crippen LogP contribution in [-0.4, -0.2) is 33.8 Å². The summed E-state index contributed by atoms with van der Waals surface area (Å²) in [4.78, 5) is 15.5. The summed E-state index contributed by atoms with van der Waals surface area (Å²) in [6, 6.07) is 8.39. The maximum absolute atomic E-state index is 12.8. The van der Waals surface area contributed by atoms with E-state index in [1.165, 1.54) is 0 Å². The molecule has 2 atom stereocenters. The van der Waals surface area contributed by atoms with Gasteiger partial charge in [-0.05, 0) is 63.8 Å². The Morgan fingerprint density at radius 1 is 1.19 bits per heavy atom. The number of hydrogen-bond donors (Lipinski definition) is 0. The van der Waals surface area contributed by atoms with Gasteiger partial charge in [0.15, 0.2) is 0 Å². The largest absolute Gasteiger partial charge is 0.491 e. The third kappa shape index (κ3) is 3.10. The average molecular weight is 352 g/mol. The Labute approximate surface area is 134 Å². The molecule has 2 aliphatic heterocycles. The molecule has 0 aromatic heterocycles. The van der Waals surface area contributed by atoms with E-state index in [1.54, 1.807) is 0 Å². The molecule has 2 aliphatic rings. The van der Waals surface area contributed by atoms with E-state index in [-0.39, 0.29) is 12.0 Å². The van der Waals surface area contributed by atoms with Gasteiger partial charge in [-0.25, -0.2) is 0 Å². The van der Waals surface area contributed by atoms with Crippen LogP contribution in [-0.2, 0) is 0 Å². The lowest BCUT2D eigenvalue weighted by Crippen LogP contribution is -2.46. The molecule has 3 nitrogen and oxygen atoms in total. The van der Waals surface area contributed by atoms with E-state index in [9.17, 15) is 4.79 Å². The maximum Gasteiger partial charge on any atom is 0.254 e. The second-order valence-electron chi connectivity index (χ2n) is 6.36. The molecular weight excluding hydrogens is 330 g/mol. The molecule has 3 rings (SSSR count). The van der Waals surface area contributed by atoms with E-state index < -0.39 is 0 Å². The fraction of sp³-hybridized carbons (Fsp3) is 0.588. The quantitative estimate of drug-likeness (QED) is 0.770. The molecule has 0 spiro atoms. The number of amides is 1. The number of piperidine rings is 1. The first-order valence-electron chi connectivity index (χ1n) is 7.78. The smallest absolute Gasteiger partial charge is 0.254 e. The van der Waals surface area contributed by atoms with Crippen LogP contribution in [0.3, 0.4) is 0 Å². The Morgan fingerprint density at radius 2 is 1.76 bits per heavy atom. The number of nitrogens with zero attached hydrogens (tertiary/aromatic N) is 1. The SMILES string of the molecule is CC(C)Oc1ccc(C(=O)N2C3CCC2CC(Br)C3)cc1. The van der Waals surface area contributed by atoms with Crippen molar-refractivity contribution in [1.82, 2.24) is 4.90 Å². The topological polar surface area (TPSA) is 29.5 Å². The first kappa shape index (κ1) is 14.9. The van der Waals surface area contributed by atoms with E-state index in [2.05, 4.69) is 20.8 Å². The number of rotatable bonds is 3. The van der Waals surface area contributed by atoms with Gasteiger partial charge in [0.05, 0.1) is 6.10 Å². The van der Waals surface area contributed by atoms with Crippen molar-refractivity contribution in [2.75, 3.05) is 0 Å². The van der Waals surface area contributed by atoms with Crippen LogP contribution in [0, 0.1) is 0 Å². The van der Waals surface area contributed by atoms with Crippen LogP contribution >= 0.6 is 15.9 Å². The fourth-order valence-electron chi connectivity index (χ4n) is 3.54. The van der Waals surface area contributed by atoms with E-state index in [0.717, 1.165) is 37.0 Å². The summed E-state index contributed by atoms with van der Waals surface area (Å²) in [7, 11) is 0. The Morgan fingerprint density at radius 3 is 2.29 bits per heavy atom. The number of carbonyl (C=O) groups is 1. The molecule has 1 amide bonds. The summed E-state index contributed by atoms with van der Waals surface area (Å²) in [5.41, 5.74) is 0.774. The zero-order valence-corrected chi connectivity index (χ0v) is 14.2. The van der Waals surface area contributed by atoms with Gasteiger partial charge in [-0.2, -0.15) is 0 Å². The van der Waals surface area contributed by atoms with Gasteiger partial charge in [-0.3, -0.25) is 4.79 Å². The van der Waals surface area contributed by atoms with Gasteiger partial charge in [0.25, 0.3) is 5.91 Å². The number of fused-ring (bicyclic) bond motifs is 2. The average Bonchev–Trinajstić information content (AvgIpc) is 2.70. The second kappa shape index (κ2) is 5.99. The Hall–Kier alpha value is -1.03. The number of hydrogen-bond acceptors (Lipinski definition) is 2. The molecule has 2 fully saturated rings. The zero-order chi connectivity index (χ0) is 15.0. The van der Waals surface area contributed by atoms with E-state index >= 15 is 0 Å². The van der Waals surface area contributed by atoms with E-state index in [0.29, 0.717) is 16.9 Å². The van der Waals surface area contributed by atoms with Crippen LogP contribution in [0.2, 0.25) is 0 Å². The Balaban J connectivity index is 1.73. The van der Waals surface area contributed by atoms with Crippen LogP contribution in [0.5, 0.6) is 5.75 Å². The molecule has 0 N–H and O–H groups in total. The van der Waals surface area contributed by atoms with E-state index in [1.807, 2.05) is 38.1 Å². The molecule has 2 saturated heterocycles. The van der Waals surface area contributed by atoms with E-state index in [4.69, 9.17) is 4.74 Å². The van der Waals surface area contributed by atoms with Gasteiger partial charge >= 0.3 is 0 Å². The van der Waals surface area contributed by atoms with Crippen molar-refractivity contribution in [3.05, 3.63) is 29.8 Å². The van der Waals surface area contributed by atoms with Crippen molar-refractivity contribution in [3.8, 4) is 5.75 Å². The highest BCUT2D eigenvalue weighted by Crippen LogP contribution is 2.39. The minimum absolute atomic E-state index is 0.153. The predicted molar refractivity (Wildman–Crippen MR) is 87.1 cm³/mol. The summed E-state index contributed by atoms with van der Waals surface area (Å²) in [5.74, 6) is 1.00. The molecule has 0 aliphatic carbocycles. The first-order chi connectivity index (χ1) is 10.0. The molecule has 2 bridgehead atoms. The molecule has 2 unspecified atom stereocenters. The van der Waals surface area contributed by atoms with Crippen molar-refractivity contribution in [3.63, 3.8) is 0 Å². The number of carbonyl (C=O) groups excluding carboxylic acids is 1. The summed E-state index contributed by atoms with van der Waals surface area (Å²) in [6.07, 6.45) is 4.61. The van der Waals surface area contributed by atoms with Crippen molar-refractivity contribution >= 4 is 21.8 Å². The minimum atomic E-state index is 0.153. The minimum Gasteiger partial charge on any atom is -0.491 e. The van der Waals surface area contributed by atoms with Gasteiger partial charge < -0.3 is 9.64 Å². The molecule has 2 heterocycles. The van der Waals surface area contributed by atoms with Crippen LogP contribution < -0.4 is 4.74 Å². The molecule has 0 radical (unpaired) electrons. The summed E-state index contributed by atoms with van der Waals surface area (Å²) < 4.78 is 5.63. The molecular formula is C17H22BrNO2. The highest BCUT2D eigenvalue weighted by molar-refractivity contribution is 9.09. The second-order valence-corrected chi connectivity index (χ2v) is 7.65. The van der Waals surface area contributed by atoms with Gasteiger partial charge in [-0.1, -0.05) is 15.9 Å². The van der Waals surface area contributed by atoms with Crippen LogP contribution in [0.15, 0.2) is 24.3 Å². The summed E-state index contributed by atoms with van der Waals surface area (Å²) in [5, 5.41) is 0. The first-order valence-corrected chi connectivity index (χ1v) is 8.69. The summed E-state index contributed by atoms with van der Waals surface area (Å²) in [6.45, 7) is 4.00. The number of halogens is 1. The Kier molecular flexibility index (Phi) is 4.25. The lowest BCUT2D eigenvalue weighted by molar-refractivity contribution is 0.0603. The fourth-order valence-corrected chi connectivity index (χ4v) is 4.40. The monoisotopic (exact) mass is 351 g/mol. The van der Waals surface area contributed by atoms with Crippen molar-refractivity contribution in [2.45, 2.75) is 62.5 Å². The third-order valence-electron chi connectivity index (χ3n) is 4.38. The zero-order valence-electron chi connectivity index (χ0n) is 12.6. The molecule has 1 aromatic rings. The van der Waals surface area contributed by atoms with Gasteiger partial charge in [0.1, 0.15) is 5.75 Å². The molecule has 21 heavy (non-hydrogen) atoms. The molecule has 0 saturated carbocycles. The van der Waals surface area contributed by atoms with Crippen LogP contribution in [0.25, 0.3) is 0 Å². The van der Waals surface area contributed by atoms with Gasteiger partial charge in [0, 0.05) is 22.5 Å². The standard InChI is InChI=1S/C17H22BrNO2/c1-11(2)21-16-7-3-12(4-8-16)17(20)19-14-5-6-15(19)10-13(18)9-14/h3-4,7-8,11,13-15H,5-6,9-10H2,1-2H3. The number of alkyl halides is 1. The molecule has 1 aromatic carbocycles. The lowest BCUT2D eigenvalue weighted by atomic mass is 10.0. The molecule has 114 valence electrons. The van der Waals surface area contributed by atoms with Crippen LogP contribution in [0.4, 0.5) is 0 Å². The third-order valence-corrected chi connectivity index (χ3v) is 5.13. The highest BCUT2D eigenvalue weighted by Gasteiger charge is 2.42. The summed E-state index contributed by atoms with van der Waals surface area (Å²) >= 11 is 3.72. The number of benzene rings is 1. The maximum atomic E-state index is 12.8. The van der Waals surface area contributed by atoms with Crippen molar-refractivity contribution in [1.29, 1.82) is 0 Å². The molecule has 4 heteroatoms. The van der Waals surface area contributed by atoms with Crippen molar-refractivity contribution in [2.24, 2.45) is 0 Å². The Bertz CT molecular complexity index is 500. The number of ether oxygens (including phenoxy) is 1. The van der Waals surface area contributed by atoms with Gasteiger partial charge in [-0.15, -0.1) is 0 Å².